The number of phenolic OH excluding ortho intramolecular Hbond substituents is 1. The fourth-order valence-corrected chi connectivity index (χ4v) is 10.8. The van der Waals surface area contributed by atoms with Crippen LogP contribution in [0, 0.1) is 18.3 Å². The minimum absolute atomic E-state index is 0.0127. The van der Waals surface area contributed by atoms with Crippen molar-refractivity contribution in [3.8, 4) is 27.4 Å². The van der Waals surface area contributed by atoms with E-state index in [1.807, 2.05) is 93.6 Å². The number of likely N-dealkylation sites (tertiary alicyclic amines) is 1. The lowest BCUT2D eigenvalue weighted by Crippen LogP contribution is -2.58. The molecule has 68 heavy (non-hydrogen) atoms. The molecule has 1 saturated carbocycles. The second-order valence-electron chi connectivity index (χ2n) is 19.7. The molecule has 6 heterocycles. The monoisotopic (exact) mass is 940 g/mol. The van der Waals surface area contributed by atoms with E-state index < -0.39 is 23.6 Å². The minimum Gasteiger partial charge on any atom is -0.507 e. The maximum absolute atomic E-state index is 14.4. The van der Waals surface area contributed by atoms with Crippen molar-refractivity contribution in [3.05, 3.63) is 89.3 Å². The van der Waals surface area contributed by atoms with Gasteiger partial charge >= 0.3 is 0 Å². The highest BCUT2D eigenvalue weighted by Crippen LogP contribution is 2.38. The number of carbonyl (C=O) groups excluding carboxylic acids is 3. The maximum Gasteiger partial charge on any atom is 0.246 e. The zero-order valence-electron chi connectivity index (χ0n) is 39.2. The first-order chi connectivity index (χ1) is 32.6. The molecule has 18 heteroatoms. The van der Waals surface area contributed by atoms with Gasteiger partial charge < -0.3 is 36.4 Å². The average molecular weight is 941 g/mol. The molecule has 3 aliphatic rings. The molecule has 6 aromatic rings. The molecule has 17 nitrogen and oxygen atoms in total. The molecular formula is C50H60N12O5S. The number of hydrogen-bond donors (Lipinski definition) is 5. The molecule has 4 atom stereocenters. The summed E-state index contributed by atoms with van der Waals surface area (Å²) in [4.78, 5) is 60.7. The van der Waals surface area contributed by atoms with Crippen molar-refractivity contribution in [1.82, 2.24) is 50.5 Å². The first-order valence-electron chi connectivity index (χ1n) is 23.6. The Hall–Kier alpha value is -6.53. The number of piperidine rings is 1. The van der Waals surface area contributed by atoms with Crippen molar-refractivity contribution in [2.45, 2.75) is 116 Å². The van der Waals surface area contributed by atoms with Crippen LogP contribution in [0.1, 0.15) is 107 Å². The van der Waals surface area contributed by atoms with Crippen molar-refractivity contribution >= 4 is 51.9 Å². The number of amides is 3. The van der Waals surface area contributed by atoms with Gasteiger partial charge in [-0.05, 0) is 98.6 Å². The lowest BCUT2D eigenvalue weighted by atomic mass is 9.78. The number of aliphatic hydroxyl groups excluding tert-OH is 1. The number of benzene rings is 2. The summed E-state index contributed by atoms with van der Waals surface area (Å²) in [5.74, 6) is 0.162. The summed E-state index contributed by atoms with van der Waals surface area (Å²) in [5.41, 5.74) is 13.9. The molecular weight excluding hydrogens is 881 g/mol. The summed E-state index contributed by atoms with van der Waals surface area (Å²) in [5, 5.41) is 40.7. The van der Waals surface area contributed by atoms with E-state index in [4.69, 9.17) is 15.7 Å². The average Bonchev–Trinajstić information content (AvgIpc) is 4.06. The van der Waals surface area contributed by atoms with E-state index in [1.165, 1.54) is 4.90 Å². The van der Waals surface area contributed by atoms with E-state index in [0.29, 0.717) is 41.4 Å². The number of nitrogens with zero attached hydrogens (tertiary/aromatic N) is 9. The number of aromatic hydroxyl groups is 1. The summed E-state index contributed by atoms with van der Waals surface area (Å²) < 4.78 is 1.94. The predicted octanol–water partition coefficient (Wildman–Crippen LogP) is 6.49. The summed E-state index contributed by atoms with van der Waals surface area (Å²) in [6.07, 6.45) is 7.53. The minimum atomic E-state index is -0.895. The second-order valence-corrected chi connectivity index (χ2v) is 20.6. The van der Waals surface area contributed by atoms with Crippen molar-refractivity contribution < 1.29 is 24.6 Å². The molecule has 3 fully saturated rings. The Morgan fingerprint density at radius 3 is 2.26 bits per heavy atom. The topological polar surface area (TPSA) is 230 Å². The molecule has 2 aliphatic heterocycles. The Bertz CT molecular complexity index is 2770. The molecule has 6 N–H and O–H groups in total. The number of β-amino-alcohol motifs (C(OH)–C–C–N with tert-alkyl or cyclic N) is 1. The number of nitrogens with one attached hydrogen (secondary N) is 2. The lowest BCUT2D eigenvalue weighted by Gasteiger charge is -2.37. The van der Waals surface area contributed by atoms with E-state index in [2.05, 4.69) is 35.8 Å². The van der Waals surface area contributed by atoms with Gasteiger partial charge in [-0.15, -0.1) is 21.5 Å². The van der Waals surface area contributed by atoms with Crippen LogP contribution in [0.15, 0.2) is 72.5 Å². The van der Waals surface area contributed by atoms with Gasteiger partial charge in [-0.25, -0.2) is 15.0 Å². The third kappa shape index (κ3) is 9.61. The normalized spacial score (nSPS) is 21.1. The number of para-hydroxylation sites is 1. The van der Waals surface area contributed by atoms with Crippen molar-refractivity contribution in [3.63, 3.8) is 0 Å². The van der Waals surface area contributed by atoms with Crippen LogP contribution >= 0.6 is 11.3 Å². The molecule has 4 aromatic heterocycles. The summed E-state index contributed by atoms with van der Waals surface area (Å²) in [6.45, 7) is 11.1. The Balaban J connectivity index is 0.773. The van der Waals surface area contributed by atoms with Gasteiger partial charge in [0.2, 0.25) is 23.7 Å². The molecule has 0 spiro atoms. The number of phenols is 1. The zero-order valence-corrected chi connectivity index (χ0v) is 40.0. The van der Waals surface area contributed by atoms with Crippen LogP contribution in [-0.2, 0) is 14.4 Å². The van der Waals surface area contributed by atoms with Crippen LogP contribution in [0.4, 0.5) is 11.8 Å². The van der Waals surface area contributed by atoms with Crippen LogP contribution < -0.4 is 21.3 Å². The number of fused-ring (bicyclic) bond motifs is 1. The fourth-order valence-electron chi connectivity index (χ4n) is 10.0. The van der Waals surface area contributed by atoms with Crippen molar-refractivity contribution in [1.29, 1.82) is 0 Å². The van der Waals surface area contributed by atoms with E-state index in [1.54, 1.807) is 29.5 Å². The molecule has 2 aromatic carbocycles. The molecule has 0 radical (unpaired) electrons. The largest absolute Gasteiger partial charge is 0.507 e. The lowest BCUT2D eigenvalue weighted by molar-refractivity contribution is -0.144. The third-order valence-corrected chi connectivity index (χ3v) is 15.0. The number of hydrogen-bond acceptors (Lipinski definition) is 14. The standard InChI is InChI=1S/C50H60N12O5S/c1-28(30-10-14-32(15-11-30)43-29(2)54-27-68-43)55-47(66)40-22-36(63)26-61(40)48(67)44(50(3,4)5)56-46(65)33-16-12-31(13-17-33)34-24-52-49(53-25-34)60-20-18-35(19-21-60)62-39-23-38(37-8-6-7-9-41(37)64)57-58-42(39)45(51)59-62/h6-11,14-15,23-25,27-28,31,33,35-36,40,44,63-64H,12-13,16-22,26H2,1-5H3,(H2,51,59)(H,55,66)(H,56,65)/t28-,31?,33?,36+,40-,44+/m0/s1. The fraction of sp³-hybridized carbons (Fsp3) is 0.460. The van der Waals surface area contributed by atoms with Gasteiger partial charge in [-0.1, -0.05) is 57.2 Å². The second kappa shape index (κ2) is 19.2. The van der Waals surface area contributed by atoms with Crippen LogP contribution in [-0.4, -0.2) is 106 Å². The number of thiazole rings is 1. The number of anilines is 2. The third-order valence-electron chi connectivity index (χ3n) is 14.0. The van der Waals surface area contributed by atoms with Gasteiger partial charge in [-0.2, -0.15) is 5.10 Å². The van der Waals surface area contributed by atoms with Crippen molar-refractivity contribution in [2.75, 3.05) is 30.3 Å². The number of nitrogens with two attached hydrogens (primary N) is 1. The quantitative estimate of drug-likeness (QED) is 0.0937. The number of aromatic nitrogens is 7. The highest BCUT2D eigenvalue weighted by Gasteiger charge is 2.45. The van der Waals surface area contributed by atoms with Crippen LogP contribution in [0.5, 0.6) is 5.75 Å². The zero-order chi connectivity index (χ0) is 47.9. The highest BCUT2D eigenvalue weighted by atomic mass is 32.1. The smallest absolute Gasteiger partial charge is 0.246 e. The summed E-state index contributed by atoms with van der Waals surface area (Å²) >= 11 is 1.58. The maximum atomic E-state index is 14.4. The first-order valence-corrected chi connectivity index (χ1v) is 24.5. The van der Waals surface area contributed by atoms with E-state index in [-0.39, 0.29) is 60.4 Å². The van der Waals surface area contributed by atoms with E-state index >= 15 is 0 Å². The molecule has 356 valence electrons. The number of nitrogen functional groups attached to an aromatic ring is 1. The Labute approximate surface area is 399 Å². The number of rotatable bonds is 11. The molecule has 0 unspecified atom stereocenters. The Morgan fingerprint density at radius 1 is 0.897 bits per heavy atom. The number of aryl methyl sites for hydroxylation is 1. The van der Waals surface area contributed by atoms with Crippen LogP contribution in [0.3, 0.4) is 0 Å². The first kappa shape index (κ1) is 46.6. The van der Waals surface area contributed by atoms with E-state index in [9.17, 15) is 24.6 Å². The molecule has 3 amide bonds. The van der Waals surface area contributed by atoms with Gasteiger partial charge in [0.15, 0.2) is 11.3 Å². The van der Waals surface area contributed by atoms with Crippen LogP contribution in [0.2, 0.25) is 0 Å². The number of carbonyl (C=O) groups is 3. The predicted molar refractivity (Wildman–Crippen MR) is 260 cm³/mol. The Morgan fingerprint density at radius 2 is 1.60 bits per heavy atom. The van der Waals surface area contributed by atoms with Gasteiger partial charge in [0, 0.05) is 49.9 Å². The number of aliphatic hydroxyl groups is 1. The molecule has 1 aliphatic carbocycles. The van der Waals surface area contributed by atoms with Crippen molar-refractivity contribution in [2.24, 2.45) is 11.3 Å². The summed E-state index contributed by atoms with van der Waals surface area (Å²) in [6, 6.07) is 14.9. The van der Waals surface area contributed by atoms with E-state index in [0.717, 1.165) is 71.6 Å². The SMILES string of the molecule is Cc1ncsc1-c1ccc([C@H](C)NC(=O)[C@@H]2C[C@@H](O)CN2C(=O)[C@@H](NC(=O)C2CCC(c3cnc(N4CCC(n5nc(N)c6nnc(-c7ccccc7O)cc65)CC4)nc3)CC2)C(C)(C)C)cc1. The Kier molecular flexibility index (Phi) is 13.2. The van der Waals surface area contributed by atoms with Gasteiger partial charge in [0.1, 0.15) is 17.8 Å². The van der Waals surface area contributed by atoms with Gasteiger partial charge in [0.05, 0.1) is 45.5 Å². The highest BCUT2D eigenvalue weighted by molar-refractivity contribution is 7.13. The molecule has 9 rings (SSSR count). The van der Waals surface area contributed by atoms with Crippen LogP contribution in [0.25, 0.3) is 32.7 Å². The summed E-state index contributed by atoms with van der Waals surface area (Å²) in [7, 11) is 0. The molecule has 0 bridgehead atoms. The van der Waals surface area contributed by atoms with Gasteiger partial charge in [-0.3, -0.25) is 19.1 Å². The molecule has 2 saturated heterocycles. The van der Waals surface area contributed by atoms with Gasteiger partial charge in [0.25, 0.3) is 0 Å².